The zero-order valence-electron chi connectivity index (χ0n) is 14.6. The number of nitrogens with two attached hydrogens (primary N) is 1. The molecule has 2 rings (SSSR count). The third-order valence-corrected chi connectivity index (χ3v) is 4.69. The van der Waals surface area contributed by atoms with Crippen molar-refractivity contribution in [1.82, 2.24) is 4.90 Å². The Hall–Kier alpha value is -1.55. The van der Waals surface area contributed by atoms with Crippen molar-refractivity contribution in [3.8, 4) is 5.75 Å². The summed E-state index contributed by atoms with van der Waals surface area (Å²) in [5, 5.41) is 0. The number of hydrogen-bond acceptors (Lipinski definition) is 3. The van der Waals surface area contributed by atoms with E-state index in [0.717, 1.165) is 25.0 Å². The van der Waals surface area contributed by atoms with Crippen LogP contribution >= 0.6 is 0 Å². The number of carbonyl (C=O) groups is 1. The van der Waals surface area contributed by atoms with Gasteiger partial charge in [0.15, 0.2) is 0 Å². The Labute approximate surface area is 140 Å². The molecule has 1 fully saturated rings. The lowest BCUT2D eigenvalue weighted by Crippen LogP contribution is -2.34. The van der Waals surface area contributed by atoms with Gasteiger partial charge in [-0.3, -0.25) is 4.79 Å². The fourth-order valence-electron chi connectivity index (χ4n) is 2.90. The Morgan fingerprint density at radius 2 is 2.04 bits per heavy atom. The average Bonchev–Trinajstić information content (AvgIpc) is 3.04. The summed E-state index contributed by atoms with van der Waals surface area (Å²) in [6.07, 6.45) is 5.83. The van der Waals surface area contributed by atoms with Crippen LogP contribution in [0.3, 0.4) is 0 Å². The van der Waals surface area contributed by atoms with Gasteiger partial charge in [0, 0.05) is 25.2 Å². The smallest absolute Gasteiger partial charge is 0.253 e. The van der Waals surface area contributed by atoms with Gasteiger partial charge in [0.05, 0.1) is 6.10 Å². The molecule has 4 heteroatoms. The summed E-state index contributed by atoms with van der Waals surface area (Å²) in [6.45, 7) is 4.89. The van der Waals surface area contributed by atoms with Gasteiger partial charge in [0.1, 0.15) is 5.75 Å². The highest BCUT2D eigenvalue weighted by atomic mass is 16.5. The van der Waals surface area contributed by atoms with E-state index in [1.807, 2.05) is 31.3 Å². The monoisotopic (exact) mass is 318 g/mol. The maximum atomic E-state index is 12.5. The maximum absolute atomic E-state index is 12.5. The third kappa shape index (κ3) is 5.24. The van der Waals surface area contributed by atoms with Gasteiger partial charge in [0.25, 0.3) is 5.91 Å². The van der Waals surface area contributed by atoms with Crippen LogP contribution in [0.4, 0.5) is 0 Å². The van der Waals surface area contributed by atoms with Gasteiger partial charge < -0.3 is 15.4 Å². The van der Waals surface area contributed by atoms with Gasteiger partial charge in [-0.15, -0.1) is 0 Å². The second-order valence-corrected chi connectivity index (χ2v) is 6.98. The molecule has 1 aromatic rings. The zero-order valence-corrected chi connectivity index (χ0v) is 14.6. The highest BCUT2D eigenvalue weighted by molar-refractivity contribution is 5.94. The van der Waals surface area contributed by atoms with Gasteiger partial charge in [-0.25, -0.2) is 0 Å². The zero-order chi connectivity index (χ0) is 16.8. The first kappa shape index (κ1) is 17.8. The molecule has 23 heavy (non-hydrogen) atoms. The standard InChI is InChI=1S/C19H30N2O2/c1-14(2)18(20)11-12-21(3)19(22)15-7-6-10-17(13-15)23-16-8-4-5-9-16/h6-7,10,13-14,16,18H,4-5,8-9,11-12,20H2,1-3H3. The Balaban J connectivity index is 1.92. The second-order valence-electron chi connectivity index (χ2n) is 6.98. The quantitative estimate of drug-likeness (QED) is 0.837. The normalized spacial score (nSPS) is 16.6. The van der Waals surface area contributed by atoms with E-state index in [1.54, 1.807) is 4.90 Å². The van der Waals surface area contributed by atoms with Crippen LogP contribution in [0.25, 0.3) is 0 Å². The van der Waals surface area contributed by atoms with Crippen LogP contribution in [-0.4, -0.2) is 36.5 Å². The number of benzene rings is 1. The van der Waals surface area contributed by atoms with Crippen molar-refractivity contribution in [3.05, 3.63) is 29.8 Å². The Morgan fingerprint density at radius 3 is 2.70 bits per heavy atom. The molecule has 2 N–H and O–H groups in total. The number of amides is 1. The van der Waals surface area contributed by atoms with Crippen molar-refractivity contribution in [2.75, 3.05) is 13.6 Å². The molecule has 128 valence electrons. The van der Waals surface area contributed by atoms with Crippen LogP contribution in [0.2, 0.25) is 0 Å². The predicted molar refractivity (Wildman–Crippen MR) is 93.7 cm³/mol. The van der Waals surface area contributed by atoms with Gasteiger partial charge in [-0.05, 0) is 56.2 Å². The van der Waals surface area contributed by atoms with Crippen LogP contribution in [0.15, 0.2) is 24.3 Å². The van der Waals surface area contributed by atoms with Crippen LogP contribution in [0.5, 0.6) is 5.75 Å². The van der Waals surface area contributed by atoms with Gasteiger partial charge in [-0.1, -0.05) is 19.9 Å². The summed E-state index contributed by atoms with van der Waals surface area (Å²) in [6, 6.07) is 7.67. The summed E-state index contributed by atoms with van der Waals surface area (Å²) in [5.74, 6) is 1.26. The molecule has 1 atom stereocenters. The van der Waals surface area contributed by atoms with E-state index in [-0.39, 0.29) is 11.9 Å². The summed E-state index contributed by atoms with van der Waals surface area (Å²) < 4.78 is 5.98. The molecular formula is C19H30N2O2. The minimum absolute atomic E-state index is 0.0258. The predicted octanol–water partition coefficient (Wildman–Crippen LogP) is 3.45. The fourth-order valence-corrected chi connectivity index (χ4v) is 2.90. The summed E-state index contributed by atoms with van der Waals surface area (Å²) in [5.41, 5.74) is 6.74. The minimum atomic E-state index is 0.0258. The van der Waals surface area contributed by atoms with E-state index in [2.05, 4.69) is 13.8 Å². The lowest BCUT2D eigenvalue weighted by Gasteiger charge is -2.22. The Morgan fingerprint density at radius 1 is 1.35 bits per heavy atom. The number of carbonyl (C=O) groups excluding carboxylic acids is 1. The van der Waals surface area contributed by atoms with Crippen LogP contribution in [-0.2, 0) is 0 Å². The average molecular weight is 318 g/mol. The lowest BCUT2D eigenvalue weighted by molar-refractivity contribution is 0.0788. The molecule has 0 saturated heterocycles. The van der Waals surface area contributed by atoms with Crippen LogP contribution in [0, 0.1) is 5.92 Å². The molecule has 4 nitrogen and oxygen atoms in total. The van der Waals surface area contributed by atoms with Gasteiger partial charge in [-0.2, -0.15) is 0 Å². The molecule has 1 aliphatic rings. The topological polar surface area (TPSA) is 55.6 Å². The van der Waals surface area contributed by atoms with E-state index >= 15 is 0 Å². The molecule has 0 aromatic heterocycles. The Kier molecular flexibility index (Phi) is 6.46. The Bertz CT molecular complexity index is 510. The molecule has 1 unspecified atom stereocenters. The first-order valence-corrected chi connectivity index (χ1v) is 8.75. The number of ether oxygens (including phenoxy) is 1. The highest BCUT2D eigenvalue weighted by Gasteiger charge is 2.18. The second kappa shape index (κ2) is 8.34. The molecule has 1 aromatic carbocycles. The SMILES string of the molecule is CC(C)C(N)CCN(C)C(=O)c1cccc(OC2CCCC2)c1. The van der Waals surface area contributed by atoms with E-state index < -0.39 is 0 Å². The van der Waals surface area contributed by atoms with Crippen molar-refractivity contribution in [1.29, 1.82) is 0 Å². The first-order chi connectivity index (χ1) is 11.0. The maximum Gasteiger partial charge on any atom is 0.253 e. The van der Waals surface area contributed by atoms with Gasteiger partial charge >= 0.3 is 0 Å². The number of nitrogens with zero attached hydrogens (tertiary/aromatic N) is 1. The lowest BCUT2D eigenvalue weighted by atomic mass is 10.0. The molecule has 1 amide bonds. The van der Waals surface area contributed by atoms with Crippen molar-refractivity contribution in [2.45, 2.75) is 58.1 Å². The molecule has 0 spiro atoms. The molecule has 0 radical (unpaired) electrons. The van der Waals surface area contributed by atoms with Gasteiger partial charge in [0.2, 0.25) is 0 Å². The van der Waals surface area contributed by atoms with E-state index in [1.165, 1.54) is 12.8 Å². The summed E-state index contributed by atoms with van der Waals surface area (Å²) in [4.78, 5) is 14.3. The number of hydrogen-bond donors (Lipinski definition) is 1. The largest absolute Gasteiger partial charge is 0.490 e. The molecule has 0 heterocycles. The van der Waals surface area contributed by atoms with E-state index in [0.29, 0.717) is 24.1 Å². The summed E-state index contributed by atoms with van der Waals surface area (Å²) in [7, 11) is 1.83. The van der Waals surface area contributed by atoms with Crippen LogP contribution in [0.1, 0.15) is 56.3 Å². The molecule has 0 aliphatic heterocycles. The van der Waals surface area contributed by atoms with Crippen molar-refractivity contribution in [3.63, 3.8) is 0 Å². The molecular weight excluding hydrogens is 288 g/mol. The molecule has 1 aliphatic carbocycles. The summed E-state index contributed by atoms with van der Waals surface area (Å²) >= 11 is 0. The molecule has 1 saturated carbocycles. The highest BCUT2D eigenvalue weighted by Crippen LogP contribution is 2.24. The molecule has 0 bridgehead atoms. The van der Waals surface area contributed by atoms with Crippen LogP contribution < -0.4 is 10.5 Å². The van der Waals surface area contributed by atoms with Crippen molar-refractivity contribution >= 4 is 5.91 Å². The van der Waals surface area contributed by atoms with E-state index in [9.17, 15) is 4.79 Å². The fraction of sp³-hybridized carbons (Fsp3) is 0.632. The minimum Gasteiger partial charge on any atom is -0.490 e. The van der Waals surface area contributed by atoms with Crippen molar-refractivity contribution < 1.29 is 9.53 Å². The number of rotatable bonds is 7. The third-order valence-electron chi connectivity index (χ3n) is 4.69. The van der Waals surface area contributed by atoms with Crippen molar-refractivity contribution in [2.24, 2.45) is 11.7 Å². The first-order valence-electron chi connectivity index (χ1n) is 8.75. The van der Waals surface area contributed by atoms with E-state index in [4.69, 9.17) is 10.5 Å².